The van der Waals surface area contributed by atoms with Gasteiger partial charge in [0, 0.05) is 5.56 Å². The fraction of sp³-hybridized carbons (Fsp3) is 0.154. The molecular weight excluding hydrogens is 291 g/mol. The summed E-state index contributed by atoms with van der Waals surface area (Å²) in [5.74, 6) is -4.58. The maximum Gasteiger partial charge on any atom is 0.372 e. The number of methoxy groups -OCH3 is 1. The van der Waals surface area contributed by atoms with Crippen molar-refractivity contribution in [2.24, 2.45) is 0 Å². The zero-order valence-corrected chi connectivity index (χ0v) is 11.1. The lowest BCUT2D eigenvalue weighted by atomic mass is 10.1. The average Bonchev–Trinajstić information content (AvgIpc) is 2.38. The third-order valence-corrected chi connectivity index (χ3v) is 2.60. The molecule has 20 heavy (non-hydrogen) atoms. The van der Waals surface area contributed by atoms with Crippen molar-refractivity contribution >= 4 is 35.2 Å². The van der Waals surface area contributed by atoms with Gasteiger partial charge >= 0.3 is 5.97 Å². The molecule has 0 atom stereocenters. The molecule has 0 aliphatic rings. The third-order valence-electron chi connectivity index (χ3n) is 2.31. The molecular formula is C13H10ClFO5. The van der Waals surface area contributed by atoms with Gasteiger partial charge in [0.1, 0.15) is 0 Å². The van der Waals surface area contributed by atoms with E-state index in [0.29, 0.717) is 0 Å². The number of rotatable bonds is 6. The zero-order valence-electron chi connectivity index (χ0n) is 10.4. The third kappa shape index (κ3) is 3.89. The number of carboxylic acid groups (broad SMARTS) is 1. The molecule has 0 saturated heterocycles. The van der Waals surface area contributed by atoms with Crippen molar-refractivity contribution in [3.05, 3.63) is 34.6 Å². The number of Topliss-reactive ketones (excluding diaryl/α,β-unsaturated/α-hetero) is 1. The Morgan fingerprint density at radius 1 is 1.40 bits per heavy atom. The molecule has 1 aromatic rings. The molecule has 0 aliphatic carbocycles. The van der Waals surface area contributed by atoms with E-state index in [1.54, 1.807) is 0 Å². The molecule has 1 rings (SSSR count). The Kier molecular flexibility index (Phi) is 5.40. The number of aliphatic carboxylic acids is 1. The Morgan fingerprint density at radius 3 is 2.60 bits per heavy atom. The Morgan fingerprint density at radius 2 is 2.05 bits per heavy atom. The highest BCUT2D eigenvalue weighted by Crippen LogP contribution is 2.30. The number of hydrogen-bond acceptors (Lipinski definition) is 4. The van der Waals surface area contributed by atoms with E-state index >= 15 is 0 Å². The van der Waals surface area contributed by atoms with Crippen molar-refractivity contribution in [1.82, 2.24) is 0 Å². The quantitative estimate of drug-likeness (QED) is 0.494. The van der Waals surface area contributed by atoms with Crippen LogP contribution < -0.4 is 4.74 Å². The van der Waals surface area contributed by atoms with Crippen molar-refractivity contribution < 1.29 is 28.6 Å². The number of ether oxygens (including phenoxy) is 1. The van der Waals surface area contributed by atoms with Crippen LogP contribution >= 0.6 is 11.6 Å². The van der Waals surface area contributed by atoms with Gasteiger partial charge in [-0.05, 0) is 18.2 Å². The van der Waals surface area contributed by atoms with Crippen LogP contribution in [0.1, 0.15) is 12.0 Å². The summed E-state index contributed by atoms with van der Waals surface area (Å²) < 4.78 is 18.6. The number of ketones is 2. The molecule has 0 radical (unpaired) electrons. The summed E-state index contributed by atoms with van der Waals surface area (Å²) in [6.07, 6.45) is 1.26. The molecule has 1 N–H and O–H groups in total. The summed E-state index contributed by atoms with van der Waals surface area (Å²) >= 11 is 5.70. The SMILES string of the molecule is COc1c(Cl)ccc(/C=C/C(=O)CC(=O)C(=O)O)c1F. The van der Waals surface area contributed by atoms with E-state index in [9.17, 15) is 18.8 Å². The molecule has 0 amide bonds. The maximum absolute atomic E-state index is 13.8. The first-order valence-electron chi connectivity index (χ1n) is 5.35. The number of allylic oxidation sites excluding steroid dienone is 1. The lowest BCUT2D eigenvalue weighted by Gasteiger charge is -2.06. The largest absolute Gasteiger partial charge is 0.492 e. The highest BCUT2D eigenvalue weighted by Gasteiger charge is 2.15. The van der Waals surface area contributed by atoms with E-state index in [4.69, 9.17) is 21.4 Å². The van der Waals surface area contributed by atoms with E-state index < -0.39 is 29.8 Å². The number of carbonyl (C=O) groups is 3. The Labute approximate surface area is 118 Å². The standard InChI is InChI=1S/C13H10ClFO5/c1-20-12-9(14)5-3-7(11(12)15)2-4-8(16)6-10(17)13(18)19/h2-5H,6H2,1H3,(H,18,19)/b4-2+. The zero-order chi connectivity index (χ0) is 15.3. The van der Waals surface area contributed by atoms with Crippen LogP contribution in [-0.4, -0.2) is 29.8 Å². The lowest BCUT2D eigenvalue weighted by Crippen LogP contribution is -2.15. The van der Waals surface area contributed by atoms with Crippen molar-refractivity contribution in [2.45, 2.75) is 6.42 Å². The van der Waals surface area contributed by atoms with Crippen molar-refractivity contribution in [1.29, 1.82) is 0 Å². The smallest absolute Gasteiger partial charge is 0.372 e. The molecule has 0 heterocycles. The molecule has 0 bridgehead atoms. The van der Waals surface area contributed by atoms with E-state index in [-0.39, 0.29) is 16.3 Å². The first-order valence-corrected chi connectivity index (χ1v) is 5.73. The summed E-state index contributed by atoms with van der Waals surface area (Å²) in [7, 11) is 1.24. The van der Waals surface area contributed by atoms with Gasteiger partial charge in [0.2, 0.25) is 5.78 Å². The summed E-state index contributed by atoms with van der Waals surface area (Å²) in [6, 6.07) is 2.71. The van der Waals surface area contributed by atoms with Gasteiger partial charge in [-0.2, -0.15) is 0 Å². The Hall–Kier alpha value is -2.21. The molecule has 0 aliphatic heterocycles. The van der Waals surface area contributed by atoms with Gasteiger partial charge in [-0.1, -0.05) is 17.7 Å². The van der Waals surface area contributed by atoms with Crippen LogP contribution in [0.5, 0.6) is 5.75 Å². The van der Waals surface area contributed by atoms with Crippen LogP contribution in [0.25, 0.3) is 6.08 Å². The fourth-order valence-electron chi connectivity index (χ4n) is 1.34. The summed E-state index contributed by atoms with van der Waals surface area (Å²) in [5.41, 5.74) is 0.0300. The molecule has 1 aromatic carbocycles. The molecule has 5 nitrogen and oxygen atoms in total. The second kappa shape index (κ2) is 6.81. The van der Waals surface area contributed by atoms with Gasteiger partial charge in [0.25, 0.3) is 0 Å². The molecule has 0 spiro atoms. The number of carboxylic acids is 1. The van der Waals surface area contributed by atoms with Gasteiger partial charge in [0.15, 0.2) is 17.3 Å². The first kappa shape index (κ1) is 15.8. The Bertz CT molecular complexity index is 595. The van der Waals surface area contributed by atoms with E-state index in [1.807, 2.05) is 0 Å². The lowest BCUT2D eigenvalue weighted by molar-refractivity contribution is -0.149. The second-order valence-electron chi connectivity index (χ2n) is 3.69. The summed E-state index contributed by atoms with van der Waals surface area (Å²) in [6.45, 7) is 0. The van der Waals surface area contributed by atoms with Crippen LogP contribution in [0.2, 0.25) is 5.02 Å². The number of halogens is 2. The molecule has 0 unspecified atom stereocenters. The minimum Gasteiger partial charge on any atom is -0.492 e. The topological polar surface area (TPSA) is 80.7 Å². The molecule has 7 heteroatoms. The van der Waals surface area contributed by atoms with E-state index in [1.165, 1.54) is 19.2 Å². The summed E-state index contributed by atoms with van der Waals surface area (Å²) in [4.78, 5) is 32.4. The average molecular weight is 301 g/mol. The maximum atomic E-state index is 13.8. The van der Waals surface area contributed by atoms with Crippen LogP contribution in [-0.2, 0) is 14.4 Å². The molecule has 106 valence electrons. The number of benzene rings is 1. The van der Waals surface area contributed by atoms with Gasteiger partial charge in [-0.3, -0.25) is 9.59 Å². The highest BCUT2D eigenvalue weighted by atomic mass is 35.5. The molecule has 0 fully saturated rings. The predicted octanol–water partition coefficient (Wildman–Crippen LogP) is 2.11. The monoisotopic (exact) mass is 300 g/mol. The predicted molar refractivity (Wildman–Crippen MR) is 69.3 cm³/mol. The molecule has 0 aromatic heterocycles. The molecule has 0 saturated carbocycles. The van der Waals surface area contributed by atoms with Gasteiger partial charge in [0.05, 0.1) is 18.6 Å². The number of carbonyl (C=O) groups excluding carboxylic acids is 2. The normalized spacial score (nSPS) is 10.6. The van der Waals surface area contributed by atoms with Gasteiger partial charge in [-0.15, -0.1) is 0 Å². The van der Waals surface area contributed by atoms with E-state index in [0.717, 1.165) is 12.2 Å². The van der Waals surface area contributed by atoms with Crippen LogP contribution in [0, 0.1) is 5.82 Å². The Balaban J connectivity index is 2.88. The van der Waals surface area contributed by atoms with Crippen LogP contribution in [0.4, 0.5) is 4.39 Å². The van der Waals surface area contributed by atoms with Crippen molar-refractivity contribution in [3.8, 4) is 5.75 Å². The minimum atomic E-state index is -1.69. The fourth-order valence-corrected chi connectivity index (χ4v) is 1.56. The highest BCUT2D eigenvalue weighted by molar-refractivity contribution is 6.37. The number of hydrogen-bond donors (Lipinski definition) is 1. The van der Waals surface area contributed by atoms with Crippen LogP contribution in [0.3, 0.4) is 0 Å². The summed E-state index contributed by atoms with van der Waals surface area (Å²) in [5, 5.41) is 8.42. The van der Waals surface area contributed by atoms with Crippen molar-refractivity contribution in [2.75, 3.05) is 7.11 Å². The van der Waals surface area contributed by atoms with Crippen LogP contribution in [0.15, 0.2) is 18.2 Å². The second-order valence-corrected chi connectivity index (χ2v) is 4.10. The van der Waals surface area contributed by atoms with Gasteiger partial charge < -0.3 is 9.84 Å². The minimum absolute atomic E-state index is 0.0300. The van der Waals surface area contributed by atoms with Crippen molar-refractivity contribution in [3.63, 3.8) is 0 Å². The van der Waals surface area contributed by atoms with Gasteiger partial charge in [-0.25, -0.2) is 9.18 Å². The first-order chi connectivity index (χ1) is 9.36. The van der Waals surface area contributed by atoms with E-state index in [2.05, 4.69) is 0 Å².